The van der Waals surface area contributed by atoms with Gasteiger partial charge in [0, 0.05) is 37.7 Å². The van der Waals surface area contributed by atoms with Gasteiger partial charge in [-0.15, -0.1) is 0 Å². The number of fused-ring (bicyclic) bond motifs is 4. The Bertz CT molecular complexity index is 2190. The molecule has 4 aliphatic rings. The number of hydrogen-bond acceptors (Lipinski definition) is 11. The number of phenols is 1. The quantitative estimate of drug-likeness (QED) is 0.139. The number of methoxy groups -OCH3 is 1. The highest BCUT2D eigenvalue weighted by Crippen LogP contribution is 2.65. The summed E-state index contributed by atoms with van der Waals surface area (Å²) in [4.78, 5) is 83.0. The van der Waals surface area contributed by atoms with Gasteiger partial charge < -0.3 is 14.7 Å². The highest BCUT2D eigenvalue weighted by Gasteiger charge is 2.68. The van der Waals surface area contributed by atoms with Crippen molar-refractivity contribution in [1.82, 2.24) is 0 Å². The summed E-state index contributed by atoms with van der Waals surface area (Å²) in [5, 5.41) is 35.4. The van der Waals surface area contributed by atoms with Gasteiger partial charge in [-0.3, -0.25) is 39.4 Å². The van der Waals surface area contributed by atoms with E-state index >= 15 is 0 Å². The summed E-state index contributed by atoms with van der Waals surface area (Å²) in [5.74, 6) is -8.96. The normalized spacial score (nSPS) is 26.2. The number of allylic oxidation sites excluding steroid dienone is 2. The van der Waals surface area contributed by atoms with Gasteiger partial charge in [-0.05, 0) is 49.9 Å². The summed E-state index contributed by atoms with van der Waals surface area (Å²) in [6, 6.07) is 10.0. The smallest absolute Gasteiger partial charge is 0.301 e. The first-order valence-electron chi connectivity index (χ1n) is 16.5. The van der Waals surface area contributed by atoms with Crippen molar-refractivity contribution in [2.24, 2.45) is 29.1 Å². The van der Waals surface area contributed by atoms with Gasteiger partial charge in [0.2, 0.25) is 23.6 Å². The molecule has 0 spiro atoms. The lowest BCUT2D eigenvalue weighted by Crippen LogP contribution is -2.48. The van der Waals surface area contributed by atoms with Gasteiger partial charge in [0.25, 0.3) is 0 Å². The van der Waals surface area contributed by atoms with Crippen molar-refractivity contribution in [2.75, 3.05) is 35.9 Å². The van der Waals surface area contributed by atoms with E-state index in [2.05, 4.69) is 0 Å². The molecule has 2 aliphatic carbocycles. The molecule has 15 nitrogen and oxygen atoms in total. The maximum absolute atomic E-state index is 14.6. The number of hydrogen-bond donors (Lipinski definition) is 1. The zero-order chi connectivity index (χ0) is 38.4. The number of rotatable bonds is 7. The highest BCUT2D eigenvalue weighted by atomic mass is 35.5. The Morgan fingerprint density at radius 2 is 1.60 bits per heavy atom. The molecular formula is C36H31ClFN5O10. The molecule has 6 unspecified atom stereocenters. The molecule has 7 rings (SSSR count). The van der Waals surface area contributed by atoms with E-state index in [1.807, 2.05) is 0 Å². The average Bonchev–Trinajstić information content (AvgIpc) is 3.48. The summed E-state index contributed by atoms with van der Waals surface area (Å²) in [6.45, 7) is 1.59. The van der Waals surface area contributed by atoms with Crippen LogP contribution in [0.2, 0.25) is 5.02 Å². The van der Waals surface area contributed by atoms with E-state index in [1.54, 1.807) is 25.1 Å². The molecule has 2 aliphatic heterocycles. The monoisotopic (exact) mass is 747 g/mol. The van der Waals surface area contributed by atoms with Crippen molar-refractivity contribution >= 4 is 63.7 Å². The van der Waals surface area contributed by atoms with Crippen molar-refractivity contribution in [3.8, 4) is 11.5 Å². The molecular weight excluding hydrogens is 717 g/mol. The maximum atomic E-state index is 14.6. The van der Waals surface area contributed by atoms with E-state index in [4.69, 9.17) is 16.3 Å². The Morgan fingerprint density at radius 3 is 2.19 bits per heavy atom. The Kier molecular flexibility index (Phi) is 8.28. The lowest BCUT2D eigenvalue weighted by molar-refractivity contribution is -0.392. The minimum atomic E-state index is -1.56. The van der Waals surface area contributed by atoms with Gasteiger partial charge in [-0.25, -0.2) is 14.2 Å². The number of benzene rings is 3. The van der Waals surface area contributed by atoms with Crippen LogP contribution >= 0.6 is 11.6 Å². The lowest BCUT2D eigenvalue weighted by atomic mass is 9.51. The summed E-state index contributed by atoms with van der Waals surface area (Å²) >= 11 is 6.05. The molecule has 3 aromatic carbocycles. The number of nitrogens with zero attached hydrogens (tertiary/aromatic N) is 5. The average molecular weight is 748 g/mol. The Morgan fingerprint density at radius 1 is 0.943 bits per heavy atom. The van der Waals surface area contributed by atoms with Gasteiger partial charge in [-0.2, -0.15) is 0 Å². The van der Waals surface area contributed by atoms with Crippen molar-refractivity contribution in [3.63, 3.8) is 0 Å². The van der Waals surface area contributed by atoms with E-state index in [9.17, 15) is 48.9 Å². The highest BCUT2D eigenvalue weighted by molar-refractivity contribution is 6.32. The number of carbonyl (C=O) groups excluding carboxylic acids is 4. The maximum Gasteiger partial charge on any atom is 0.301 e. The third-order valence-electron chi connectivity index (χ3n) is 11.2. The van der Waals surface area contributed by atoms with E-state index in [0.717, 1.165) is 34.1 Å². The first-order chi connectivity index (χ1) is 25.0. The Balaban J connectivity index is 1.38. The van der Waals surface area contributed by atoms with Crippen LogP contribution in [0.25, 0.3) is 0 Å². The van der Waals surface area contributed by atoms with Crippen LogP contribution in [0.1, 0.15) is 31.2 Å². The third-order valence-corrected chi connectivity index (χ3v) is 11.4. The molecule has 3 fully saturated rings. The Labute approximate surface area is 305 Å². The van der Waals surface area contributed by atoms with Crippen LogP contribution in [0, 0.1) is 55.1 Å². The fraction of sp³-hybridized carbons (Fsp3) is 0.333. The molecule has 1 N–H and O–H groups in total. The first kappa shape index (κ1) is 35.5. The molecule has 4 amide bonds. The second-order valence-corrected chi connectivity index (χ2v) is 14.3. The molecule has 2 heterocycles. The number of nitro groups is 2. The number of aromatic hydroxyl groups is 1. The van der Waals surface area contributed by atoms with Gasteiger partial charge in [0.1, 0.15) is 5.82 Å². The number of phenolic OH excluding ortho intramolecular Hbond substituents is 1. The number of nitro benzene ring substituents is 2. The molecule has 53 heavy (non-hydrogen) atoms. The van der Waals surface area contributed by atoms with Gasteiger partial charge in [0.05, 0.1) is 56.5 Å². The standard InChI is InChI=1S/C36H31ClFN5O10/c1-36-22(33(46)41(35(36)48)16-8-11-24(38)23(37)12-16)15-21-18(29(36)20-6-5-7-27(53-4)31(20)44)9-10-19-28(21)34(47)40(32(19)45)17-13-25(42(49)50)30(39(2)3)26(14-17)43(51)52/h5-9,11-14,19,21-22,28-29,44H,10,15H2,1-4H3. The van der Waals surface area contributed by atoms with Crippen LogP contribution in [0.5, 0.6) is 11.5 Å². The molecule has 2 saturated heterocycles. The fourth-order valence-electron chi connectivity index (χ4n) is 8.88. The van der Waals surface area contributed by atoms with Crippen molar-refractivity contribution < 1.29 is 43.3 Å². The van der Waals surface area contributed by atoms with E-state index in [1.165, 1.54) is 38.2 Å². The van der Waals surface area contributed by atoms with E-state index in [0.29, 0.717) is 5.57 Å². The van der Waals surface area contributed by atoms with Crippen LogP contribution in [0.15, 0.2) is 60.2 Å². The zero-order valence-corrected chi connectivity index (χ0v) is 29.4. The van der Waals surface area contributed by atoms with Crippen LogP contribution in [0.4, 0.5) is 32.8 Å². The number of halogens is 2. The topological polar surface area (TPSA) is 194 Å². The first-order valence-corrected chi connectivity index (χ1v) is 16.8. The molecule has 0 bridgehead atoms. The van der Waals surface area contributed by atoms with E-state index < -0.39 is 85.7 Å². The largest absolute Gasteiger partial charge is 0.504 e. The predicted octanol–water partition coefficient (Wildman–Crippen LogP) is 5.51. The van der Waals surface area contributed by atoms with Crippen LogP contribution in [0.3, 0.4) is 0 Å². The minimum Gasteiger partial charge on any atom is -0.504 e. The fourth-order valence-corrected chi connectivity index (χ4v) is 9.05. The van der Waals surface area contributed by atoms with Crippen molar-refractivity contribution in [3.05, 3.63) is 96.8 Å². The third kappa shape index (κ3) is 4.99. The van der Waals surface area contributed by atoms with Crippen molar-refractivity contribution in [2.45, 2.75) is 25.7 Å². The van der Waals surface area contributed by atoms with Gasteiger partial charge >= 0.3 is 11.4 Å². The molecule has 0 aromatic heterocycles. The minimum absolute atomic E-state index is 0.0149. The molecule has 17 heteroatoms. The van der Waals surface area contributed by atoms with Crippen LogP contribution < -0.4 is 19.4 Å². The summed E-state index contributed by atoms with van der Waals surface area (Å²) in [7, 11) is 4.12. The molecule has 274 valence electrons. The van der Waals surface area contributed by atoms with E-state index in [-0.39, 0.29) is 52.0 Å². The number of carbonyl (C=O) groups is 4. The van der Waals surface area contributed by atoms with Crippen LogP contribution in [-0.4, -0.2) is 59.8 Å². The zero-order valence-electron chi connectivity index (χ0n) is 28.6. The number of amides is 4. The molecule has 1 saturated carbocycles. The predicted molar refractivity (Wildman–Crippen MR) is 187 cm³/mol. The second kappa shape index (κ2) is 12.4. The number of anilines is 3. The lowest BCUT2D eigenvalue weighted by Gasteiger charge is -2.49. The molecule has 0 radical (unpaired) electrons. The molecule has 3 aromatic rings. The second-order valence-electron chi connectivity index (χ2n) is 13.9. The van der Waals surface area contributed by atoms with Gasteiger partial charge in [-0.1, -0.05) is 35.4 Å². The summed E-state index contributed by atoms with van der Waals surface area (Å²) < 4.78 is 19.5. The summed E-state index contributed by atoms with van der Waals surface area (Å²) in [6.07, 6.45) is 1.62. The SMILES string of the molecule is COc1cccc(C2C3=CCC4C(=O)N(c5cc([N+](=O)[O-])c(N(C)C)c([N+](=O)[O-])c5)C(=O)C4C3CC3C(=O)N(c4ccc(F)c(Cl)c4)C(=O)C32C)c1O. The van der Waals surface area contributed by atoms with Crippen LogP contribution in [-0.2, 0) is 19.2 Å². The Hall–Kier alpha value is -5.90. The number of imide groups is 2. The van der Waals surface area contributed by atoms with Gasteiger partial charge in [0.15, 0.2) is 17.2 Å². The summed E-state index contributed by atoms with van der Waals surface area (Å²) in [5.41, 5.74) is -2.86. The number of para-hydroxylation sites is 1. The van der Waals surface area contributed by atoms with Crippen molar-refractivity contribution in [1.29, 1.82) is 0 Å². The number of ether oxygens (including phenoxy) is 1. The molecule has 6 atom stereocenters.